The van der Waals surface area contributed by atoms with Gasteiger partial charge in [-0.05, 0) is 29.1 Å². The Balaban J connectivity index is 0.00000176. The number of carbonyl (C=O) groups excluding carboxylic acids is 1. The van der Waals surface area contributed by atoms with Gasteiger partial charge in [0.2, 0.25) is 0 Å². The molecule has 1 aliphatic rings. The maximum atomic E-state index is 12.6. The van der Waals surface area contributed by atoms with Crippen molar-refractivity contribution in [2.75, 3.05) is 19.6 Å². The molecule has 1 aromatic carbocycles. The van der Waals surface area contributed by atoms with Gasteiger partial charge in [0.05, 0.1) is 6.04 Å². The number of benzene rings is 1. The topological polar surface area (TPSA) is 58.1 Å². The van der Waals surface area contributed by atoms with Crippen LogP contribution >= 0.6 is 23.9 Å². The Morgan fingerprint density at radius 1 is 1.41 bits per heavy atom. The quantitative estimate of drug-likeness (QED) is 0.933. The molecule has 1 saturated heterocycles. The van der Waals surface area contributed by atoms with Gasteiger partial charge in [0.25, 0.3) is 5.91 Å². The lowest BCUT2D eigenvalue weighted by molar-refractivity contribution is 0.0628. The third-order valence-corrected chi connectivity index (χ3v) is 4.36. The van der Waals surface area contributed by atoms with E-state index >= 15 is 0 Å². The highest BCUT2D eigenvalue weighted by Crippen LogP contribution is 2.24. The fourth-order valence-electron chi connectivity index (χ4n) is 2.63. The van der Waals surface area contributed by atoms with Crippen LogP contribution in [0.5, 0.6) is 0 Å². The van der Waals surface area contributed by atoms with E-state index in [0.29, 0.717) is 12.2 Å². The normalized spacial score (nSPS) is 17.9. The molecule has 1 fully saturated rings. The van der Waals surface area contributed by atoms with Crippen LogP contribution in [0.15, 0.2) is 29.6 Å². The minimum absolute atomic E-state index is 0. The first-order chi connectivity index (χ1) is 10.3. The van der Waals surface area contributed by atoms with Crippen molar-refractivity contribution in [3.8, 4) is 0 Å². The number of hydrogen-bond donors (Lipinski definition) is 1. The summed E-state index contributed by atoms with van der Waals surface area (Å²) in [5, 5.41) is 8.98. The monoisotopic (exact) mass is 338 g/mol. The summed E-state index contributed by atoms with van der Waals surface area (Å²) in [6, 6.07) is 8.57. The van der Waals surface area contributed by atoms with Gasteiger partial charge in [-0.3, -0.25) is 4.79 Å². The van der Waals surface area contributed by atoms with E-state index in [1.165, 1.54) is 17.1 Å². The van der Waals surface area contributed by atoms with Crippen LogP contribution in [-0.2, 0) is 6.42 Å². The Morgan fingerprint density at radius 3 is 2.82 bits per heavy atom. The summed E-state index contributed by atoms with van der Waals surface area (Å²) in [7, 11) is 0. The SMILES string of the molecule is CCc1ccc(C2CNCCN2C(=O)c2csnn2)cc1.Cl. The second-order valence-corrected chi connectivity index (χ2v) is 5.71. The van der Waals surface area contributed by atoms with Gasteiger partial charge in [-0.25, -0.2) is 0 Å². The van der Waals surface area contributed by atoms with Gasteiger partial charge >= 0.3 is 0 Å². The van der Waals surface area contributed by atoms with Crippen molar-refractivity contribution in [1.29, 1.82) is 0 Å². The predicted molar refractivity (Wildman–Crippen MR) is 89.6 cm³/mol. The van der Waals surface area contributed by atoms with Gasteiger partial charge < -0.3 is 10.2 Å². The first-order valence-electron chi connectivity index (χ1n) is 7.17. The van der Waals surface area contributed by atoms with Crippen molar-refractivity contribution in [3.63, 3.8) is 0 Å². The highest BCUT2D eigenvalue weighted by Gasteiger charge is 2.29. The summed E-state index contributed by atoms with van der Waals surface area (Å²) < 4.78 is 3.79. The van der Waals surface area contributed by atoms with Crippen LogP contribution in [0.3, 0.4) is 0 Å². The van der Waals surface area contributed by atoms with E-state index < -0.39 is 0 Å². The fraction of sp³-hybridized carbons (Fsp3) is 0.400. The number of nitrogens with zero attached hydrogens (tertiary/aromatic N) is 3. The predicted octanol–water partition coefficient (Wildman–Crippen LogP) is 2.31. The molecule has 5 nitrogen and oxygen atoms in total. The molecular weight excluding hydrogens is 320 g/mol. The Kier molecular flexibility index (Phi) is 5.88. The smallest absolute Gasteiger partial charge is 0.275 e. The van der Waals surface area contributed by atoms with E-state index in [2.05, 4.69) is 46.1 Å². The first kappa shape index (κ1) is 16.9. The van der Waals surface area contributed by atoms with Gasteiger partial charge in [0.15, 0.2) is 5.69 Å². The van der Waals surface area contributed by atoms with Crippen LogP contribution in [0.4, 0.5) is 0 Å². The number of piperazine rings is 1. The summed E-state index contributed by atoms with van der Waals surface area (Å²) >= 11 is 1.21. The molecule has 2 heterocycles. The third kappa shape index (κ3) is 3.45. The zero-order chi connectivity index (χ0) is 14.7. The van der Waals surface area contributed by atoms with E-state index in [1.807, 2.05) is 4.90 Å². The molecule has 0 spiro atoms. The lowest BCUT2D eigenvalue weighted by Gasteiger charge is -2.36. The fourth-order valence-corrected chi connectivity index (χ4v) is 3.06. The average Bonchev–Trinajstić information content (AvgIpc) is 3.09. The van der Waals surface area contributed by atoms with Crippen molar-refractivity contribution < 1.29 is 4.79 Å². The molecule has 0 radical (unpaired) electrons. The van der Waals surface area contributed by atoms with Crippen molar-refractivity contribution in [2.24, 2.45) is 0 Å². The number of hydrogen-bond acceptors (Lipinski definition) is 5. The Bertz CT molecular complexity index is 603. The first-order valence-corrected chi connectivity index (χ1v) is 8.01. The molecule has 0 bridgehead atoms. The molecule has 1 N–H and O–H groups in total. The molecule has 118 valence electrons. The van der Waals surface area contributed by atoms with E-state index in [1.54, 1.807) is 5.38 Å². The minimum atomic E-state index is -0.0326. The maximum Gasteiger partial charge on any atom is 0.275 e. The number of aryl methyl sites for hydroxylation is 1. The highest BCUT2D eigenvalue weighted by molar-refractivity contribution is 7.03. The zero-order valence-corrected chi connectivity index (χ0v) is 14.0. The molecule has 3 rings (SSSR count). The highest BCUT2D eigenvalue weighted by atomic mass is 35.5. The standard InChI is InChI=1S/C15H18N4OS.ClH/c1-2-11-3-5-12(6-4-11)14-9-16-7-8-19(14)15(20)13-10-21-18-17-13;/h3-6,10,14,16H,2,7-9H2,1H3;1H. The molecule has 22 heavy (non-hydrogen) atoms. The number of amides is 1. The molecule has 2 aromatic rings. The molecule has 1 unspecified atom stereocenters. The molecule has 1 aromatic heterocycles. The largest absolute Gasteiger partial charge is 0.328 e. The Hall–Kier alpha value is -1.50. The lowest BCUT2D eigenvalue weighted by Crippen LogP contribution is -2.48. The van der Waals surface area contributed by atoms with Gasteiger partial charge in [-0.1, -0.05) is 35.7 Å². The van der Waals surface area contributed by atoms with Crippen molar-refractivity contribution >= 4 is 29.8 Å². The van der Waals surface area contributed by atoms with Crippen LogP contribution in [0.1, 0.15) is 34.6 Å². The molecule has 1 atom stereocenters. The van der Waals surface area contributed by atoms with Crippen LogP contribution in [-0.4, -0.2) is 40.0 Å². The lowest BCUT2D eigenvalue weighted by atomic mass is 10.0. The molecule has 7 heteroatoms. The Morgan fingerprint density at radius 2 is 2.18 bits per heavy atom. The molecule has 0 saturated carbocycles. The third-order valence-electron chi connectivity index (χ3n) is 3.86. The number of rotatable bonds is 3. The van der Waals surface area contributed by atoms with Gasteiger partial charge in [0.1, 0.15) is 0 Å². The number of halogens is 1. The van der Waals surface area contributed by atoms with E-state index in [0.717, 1.165) is 25.1 Å². The summed E-state index contributed by atoms with van der Waals surface area (Å²) in [5.41, 5.74) is 2.91. The molecule has 1 aliphatic heterocycles. The number of nitrogens with one attached hydrogen (secondary N) is 1. The second kappa shape index (κ2) is 7.67. The summed E-state index contributed by atoms with van der Waals surface area (Å²) in [4.78, 5) is 14.5. The van der Waals surface area contributed by atoms with Gasteiger partial charge in [-0.15, -0.1) is 17.5 Å². The second-order valence-electron chi connectivity index (χ2n) is 5.10. The van der Waals surface area contributed by atoms with Crippen LogP contribution in [0, 0.1) is 0 Å². The van der Waals surface area contributed by atoms with E-state index in [-0.39, 0.29) is 24.4 Å². The van der Waals surface area contributed by atoms with Crippen molar-refractivity contribution in [3.05, 3.63) is 46.5 Å². The summed E-state index contributed by atoms with van der Waals surface area (Å²) in [6.07, 6.45) is 1.02. The minimum Gasteiger partial charge on any atom is -0.328 e. The van der Waals surface area contributed by atoms with Gasteiger partial charge in [0, 0.05) is 25.0 Å². The van der Waals surface area contributed by atoms with Crippen molar-refractivity contribution in [2.45, 2.75) is 19.4 Å². The van der Waals surface area contributed by atoms with Crippen LogP contribution < -0.4 is 5.32 Å². The molecular formula is C15H19ClN4OS. The number of carbonyl (C=O) groups is 1. The average molecular weight is 339 g/mol. The number of aromatic nitrogens is 2. The molecule has 0 aliphatic carbocycles. The Labute approximate surface area is 140 Å². The zero-order valence-electron chi connectivity index (χ0n) is 12.4. The van der Waals surface area contributed by atoms with Crippen LogP contribution in [0.2, 0.25) is 0 Å². The van der Waals surface area contributed by atoms with E-state index in [9.17, 15) is 4.79 Å². The van der Waals surface area contributed by atoms with Gasteiger partial charge in [-0.2, -0.15) is 0 Å². The van der Waals surface area contributed by atoms with E-state index in [4.69, 9.17) is 0 Å². The van der Waals surface area contributed by atoms with Crippen LogP contribution in [0.25, 0.3) is 0 Å². The van der Waals surface area contributed by atoms with Crippen molar-refractivity contribution in [1.82, 2.24) is 19.8 Å². The molecule has 1 amide bonds. The summed E-state index contributed by atoms with van der Waals surface area (Å²) in [6.45, 7) is 4.42. The maximum absolute atomic E-state index is 12.6. The summed E-state index contributed by atoms with van der Waals surface area (Å²) in [5.74, 6) is -0.0326.